The Morgan fingerprint density at radius 1 is 1.05 bits per heavy atom. The lowest BCUT2D eigenvalue weighted by Crippen LogP contribution is -2.43. The Kier molecular flexibility index (Phi) is 8.35. The van der Waals surface area contributed by atoms with E-state index in [0.717, 1.165) is 21.7 Å². The smallest absolute Gasteiger partial charge is 0.305 e. The second-order valence-corrected chi connectivity index (χ2v) is 11.5. The van der Waals surface area contributed by atoms with Gasteiger partial charge in [-0.25, -0.2) is 8.42 Å². The number of aliphatic carboxylic acids is 1. The minimum absolute atomic E-state index is 0.0488. The van der Waals surface area contributed by atoms with Crippen molar-refractivity contribution < 1.29 is 23.1 Å². The monoisotopic (exact) mass is 579 g/mol. The van der Waals surface area contributed by atoms with Gasteiger partial charge in [0, 0.05) is 16.5 Å². The van der Waals surface area contributed by atoms with Crippen LogP contribution >= 0.6 is 34.5 Å². The Bertz CT molecular complexity index is 1520. The third kappa shape index (κ3) is 6.79. The number of carboxylic acid groups (broad SMARTS) is 1. The van der Waals surface area contributed by atoms with E-state index < -0.39 is 40.8 Å². The molecule has 0 bridgehead atoms. The number of Topliss-reactive ketones (excluding diaryl/α,β-unsaturated/α-hetero) is 1. The Morgan fingerprint density at radius 2 is 1.76 bits per heavy atom. The van der Waals surface area contributed by atoms with Gasteiger partial charge >= 0.3 is 5.97 Å². The number of aromatic nitrogens is 4. The second-order valence-electron chi connectivity index (χ2n) is 7.87. The molecule has 10 nitrogen and oxygen atoms in total. The van der Waals surface area contributed by atoms with Crippen LogP contribution in [-0.2, 0) is 32.6 Å². The van der Waals surface area contributed by atoms with Gasteiger partial charge in [0.2, 0.25) is 0 Å². The molecule has 0 aliphatic heterocycles. The zero-order chi connectivity index (χ0) is 26.6. The highest BCUT2D eigenvalue weighted by Crippen LogP contribution is 2.29. The van der Waals surface area contributed by atoms with E-state index in [1.807, 2.05) is 30.3 Å². The molecular weight excluding hydrogens is 561 g/mol. The third-order valence-electron chi connectivity index (χ3n) is 5.20. The molecule has 2 aromatic carbocycles. The summed E-state index contributed by atoms with van der Waals surface area (Å²) in [4.78, 5) is 25.3. The van der Waals surface area contributed by atoms with Crippen molar-refractivity contribution in [1.29, 1.82) is 0 Å². The summed E-state index contributed by atoms with van der Waals surface area (Å²) in [6.45, 7) is -0.497. The summed E-state index contributed by atoms with van der Waals surface area (Å²) in [5.74, 6) is -1.87. The van der Waals surface area contributed by atoms with Crippen LogP contribution in [0, 0.1) is 0 Å². The van der Waals surface area contributed by atoms with Crippen molar-refractivity contribution in [3.8, 4) is 11.1 Å². The zero-order valence-corrected chi connectivity index (χ0v) is 22.1. The standard InChI is InChI=1S/C23H19Cl2N5O5S2/c24-17-7-4-8-18(25)16(17)10-21-26-29-30(27-21)12-20(31)19(11-22(32)33)28-37(34,35)23-9-15(13-36-23)14-5-2-1-3-6-14/h1-9,13,19,28H,10-12H2,(H,32,33). The average Bonchev–Trinajstić information content (AvgIpc) is 3.52. The number of thiophene rings is 1. The lowest BCUT2D eigenvalue weighted by molar-refractivity contribution is -0.139. The van der Waals surface area contributed by atoms with E-state index in [1.54, 1.807) is 23.6 Å². The van der Waals surface area contributed by atoms with Crippen LogP contribution in [0.3, 0.4) is 0 Å². The third-order valence-corrected chi connectivity index (χ3v) is 8.82. The van der Waals surface area contributed by atoms with E-state index in [9.17, 15) is 23.1 Å². The molecule has 0 fully saturated rings. The van der Waals surface area contributed by atoms with Gasteiger partial charge in [0.05, 0.1) is 12.5 Å². The molecule has 1 unspecified atom stereocenters. The highest BCUT2D eigenvalue weighted by molar-refractivity contribution is 7.91. The van der Waals surface area contributed by atoms with E-state index in [4.69, 9.17) is 23.2 Å². The van der Waals surface area contributed by atoms with Crippen molar-refractivity contribution in [2.45, 2.75) is 29.6 Å². The van der Waals surface area contributed by atoms with Gasteiger partial charge in [-0.2, -0.15) is 9.52 Å². The van der Waals surface area contributed by atoms with E-state index in [0.29, 0.717) is 21.2 Å². The van der Waals surface area contributed by atoms with Crippen molar-refractivity contribution in [3.63, 3.8) is 0 Å². The highest BCUT2D eigenvalue weighted by Gasteiger charge is 2.29. The quantitative estimate of drug-likeness (QED) is 0.273. The molecule has 2 aromatic heterocycles. The number of carbonyl (C=O) groups is 2. The van der Waals surface area contributed by atoms with Gasteiger partial charge in [-0.3, -0.25) is 9.59 Å². The maximum atomic E-state index is 13.0. The van der Waals surface area contributed by atoms with E-state index in [-0.39, 0.29) is 16.5 Å². The van der Waals surface area contributed by atoms with Crippen LogP contribution in [0.5, 0.6) is 0 Å². The summed E-state index contributed by atoms with van der Waals surface area (Å²) in [6, 6.07) is 14.1. The van der Waals surface area contributed by atoms with Crippen molar-refractivity contribution >= 4 is 56.3 Å². The molecule has 14 heteroatoms. The molecule has 192 valence electrons. The first-order valence-electron chi connectivity index (χ1n) is 10.7. The summed E-state index contributed by atoms with van der Waals surface area (Å²) in [5.41, 5.74) is 2.09. The first-order chi connectivity index (χ1) is 17.6. The Hall–Kier alpha value is -3.16. The number of nitrogens with zero attached hydrogens (tertiary/aromatic N) is 4. The fraction of sp³-hybridized carbons (Fsp3) is 0.174. The first kappa shape index (κ1) is 26.9. The van der Waals surface area contributed by atoms with Crippen LogP contribution in [0.25, 0.3) is 11.1 Å². The largest absolute Gasteiger partial charge is 0.481 e. The number of carbonyl (C=O) groups excluding carboxylic acids is 1. The Morgan fingerprint density at radius 3 is 2.43 bits per heavy atom. The molecule has 0 saturated heterocycles. The number of nitrogens with one attached hydrogen (secondary N) is 1. The summed E-state index contributed by atoms with van der Waals surface area (Å²) >= 11 is 13.3. The van der Waals surface area contributed by atoms with Crippen LogP contribution in [0.15, 0.2) is 64.2 Å². The maximum Gasteiger partial charge on any atom is 0.305 e. The number of carboxylic acids is 1. The van der Waals surface area contributed by atoms with Crippen molar-refractivity contribution in [3.05, 3.63) is 81.4 Å². The molecule has 0 amide bonds. The van der Waals surface area contributed by atoms with E-state index >= 15 is 0 Å². The van der Waals surface area contributed by atoms with Crippen molar-refractivity contribution in [2.24, 2.45) is 0 Å². The van der Waals surface area contributed by atoms with Gasteiger partial charge in [0.15, 0.2) is 11.6 Å². The number of rotatable bonds is 11. The van der Waals surface area contributed by atoms with Crippen molar-refractivity contribution in [2.75, 3.05) is 0 Å². The van der Waals surface area contributed by atoms with Gasteiger partial charge < -0.3 is 5.11 Å². The Labute approximate surface area is 225 Å². The minimum Gasteiger partial charge on any atom is -0.481 e. The molecule has 37 heavy (non-hydrogen) atoms. The SMILES string of the molecule is O=C(O)CC(NS(=O)(=O)c1cc(-c2ccccc2)cs1)C(=O)Cn1nnc(Cc2c(Cl)cccc2Cl)n1. The van der Waals surface area contributed by atoms with Gasteiger partial charge in [-0.1, -0.05) is 59.6 Å². The van der Waals surface area contributed by atoms with Crippen LogP contribution in [-0.4, -0.2) is 51.5 Å². The molecule has 4 aromatic rings. The number of halogens is 2. The molecule has 0 aliphatic rings. The number of hydrogen-bond donors (Lipinski definition) is 2. The maximum absolute atomic E-state index is 13.0. The first-order valence-corrected chi connectivity index (χ1v) is 13.8. The lowest BCUT2D eigenvalue weighted by atomic mass is 10.1. The fourth-order valence-electron chi connectivity index (χ4n) is 3.40. The number of sulfonamides is 1. The molecule has 0 spiro atoms. The van der Waals surface area contributed by atoms with Gasteiger partial charge in [-0.05, 0) is 45.5 Å². The predicted molar refractivity (Wildman–Crippen MR) is 138 cm³/mol. The average molecular weight is 580 g/mol. The fourth-order valence-corrected chi connectivity index (χ4v) is 6.36. The summed E-state index contributed by atoms with van der Waals surface area (Å²) in [7, 11) is -4.19. The Balaban J connectivity index is 1.48. The highest BCUT2D eigenvalue weighted by atomic mass is 35.5. The van der Waals surface area contributed by atoms with E-state index in [2.05, 4.69) is 20.1 Å². The molecule has 0 saturated carbocycles. The molecule has 0 aliphatic carbocycles. The van der Waals surface area contributed by atoms with Crippen molar-refractivity contribution in [1.82, 2.24) is 24.9 Å². The summed E-state index contributed by atoms with van der Waals surface area (Å²) < 4.78 is 28.1. The number of benzene rings is 2. The van der Waals surface area contributed by atoms with E-state index in [1.165, 1.54) is 6.07 Å². The molecule has 1 atom stereocenters. The van der Waals surface area contributed by atoms with Crippen LogP contribution in [0.2, 0.25) is 10.0 Å². The van der Waals surface area contributed by atoms with Gasteiger partial charge in [0.1, 0.15) is 10.8 Å². The number of tetrazole rings is 1. The summed E-state index contributed by atoms with van der Waals surface area (Å²) in [6.07, 6.45) is -0.605. The molecular formula is C23H19Cl2N5O5S2. The normalized spacial score (nSPS) is 12.4. The molecule has 0 radical (unpaired) electrons. The van der Waals surface area contributed by atoms with Crippen LogP contribution in [0.1, 0.15) is 17.8 Å². The topological polar surface area (TPSA) is 144 Å². The number of hydrogen-bond acceptors (Lipinski definition) is 8. The van der Waals surface area contributed by atoms with Gasteiger partial charge in [0.25, 0.3) is 10.0 Å². The van der Waals surface area contributed by atoms with Crippen LogP contribution in [0.4, 0.5) is 0 Å². The molecule has 2 heterocycles. The second kappa shape index (κ2) is 11.5. The number of ketones is 1. The summed E-state index contributed by atoms with van der Waals surface area (Å²) in [5, 5.41) is 23.6. The van der Waals surface area contributed by atoms with Crippen LogP contribution < -0.4 is 4.72 Å². The van der Waals surface area contributed by atoms with Gasteiger partial charge in [-0.15, -0.1) is 21.5 Å². The molecule has 2 N–H and O–H groups in total. The predicted octanol–water partition coefficient (Wildman–Crippen LogP) is 3.69. The minimum atomic E-state index is -4.19. The zero-order valence-electron chi connectivity index (χ0n) is 18.9. The lowest BCUT2D eigenvalue weighted by Gasteiger charge is -2.15. The molecule has 4 rings (SSSR count).